The molecule has 185 valence electrons. The van der Waals surface area contributed by atoms with Gasteiger partial charge in [0.15, 0.2) is 0 Å². The van der Waals surface area contributed by atoms with E-state index in [2.05, 4.69) is 68.4 Å². The van der Waals surface area contributed by atoms with Crippen LogP contribution in [-0.4, -0.2) is 34.7 Å². The molecule has 0 aliphatic heterocycles. The first-order chi connectivity index (χ1) is 13.7. The van der Waals surface area contributed by atoms with Crippen molar-refractivity contribution in [2.24, 2.45) is 0 Å². The van der Waals surface area contributed by atoms with Gasteiger partial charge in [-0.15, -0.1) is 0 Å². The molecule has 2 aromatic carbocycles. The van der Waals surface area contributed by atoms with Crippen molar-refractivity contribution in [2.45, 2.75) is 77.8 Å². The summed E-state index contributed by atoms with van der Waals surface area (Å²) in [6.45, 7) is 21.5. The molecule has 7 heteroatoms. The molecule has 4 nitrogen and oxygen atoms in total. The predicted molar refractivity (Wildman–Crippen MR) is 137 cm³/mol. The Morgan fingerprint density at radius 1 is 0.812 bits per heavy atom. The first-order valence-corrected chi connectivity index (χ1v) is 13.4. The van der Waals surface area contributed by atoms with E-state index in [1.807, 2.05) is 48.5 Å². The van der Waals surface area contributed by atoms with E-state index < -0.39 is 10.1 Å². The SMILES string of the molecule is CC(C)(C)P(C(C)(C)C)C(C)(C)C.CS(=O)(=O)[O-].Nc1ccccc1-c1[c]cccc1.[Pd]. The second-order valence-electron chi connectivity index (χ2n) is 10.4. The Balaban J connectivity index is 0. The van der Waals surface area contributed by atoms with Crippen molar-refractivity contribution in [3.63, 3.8) is 0 Å². The first kappa shape index (κ1) is 33.4. The standard InChI is InChI=1S/C12H10N.C12H27P.CH4O3S.Pd/c13-12-9-5-4-8-11(12)10-6-2-1-3-7-10;1-10(2,3)13(11(4,5)6)12(7,8)9;1-5(2,3)4;/h1-6,8-9H,13H2;1-9H3;1H3,(H,2,3,4);/p-1. The summed E-state index contributed by atoms with van der Waals surface area (Å²) in [7, 11) is -3.90. The zero-order valence-electron chi connectivity index (χ0n) is 21.1. The van der Waals surface area contributed by atoms with Gasteiger partial charge >= 0.3 is 0 Å². The molecule has 0 aliphatic rings. The molecule has 0 aromatic heterocycles. The molecule has 0 unspecified atom stereocenters. The summed E-state index contributed by atoms with van der Waals surface area (Å²) in [5, 5.41) is 1.35. The van der Waals surface area contributed by atoms with Crippen LogP contribution < -0.4 is 5.73 Å². The summed E-state index contributed by atoms with van der Waals surface area (Å²) in [5.41, 5.74) is 8.72. The Bertz CT molecular complexity index is 856. The van der Waals surface area contributed by atoms with E-state index in [1.54, 1.807) is 0 Å². The fourth-order valence-electron chi connectivity index (χ4n) is 4.32. The van der Waals surface area contributed by atoms with E-state index in [1.165, 1.54) is 0 Å². The number of nitrogen functional groups attached to an aromatic ring is 1. The van der Waals surface area contributed by atoms with Crippen LogP contribution in [0.15, 0.2) is 48.5 Å². The Kier molecular flexibility index (Phi) is 13.8. The van der Waals surface area contributed by atoms with Gasteiger partial charge in [-0.3, -0.25) is 0 Å². The van der Waals surface area contributed by atoms with Gasteiger partial charge in [0.2, 0.25) is 0 Å². The van der Waals surface area contributed by atoms with Crippen molar-refractivity contribution >= 4 is 23.7 Å². The van der Waals surface area contributed by atoms with E-state index in [9.17, 15) is 0 Å². The van der Waals surface area contributed by atoms with Crippen molar-refractivity contribution in [1.82, 2.24) is 0 Å². The Morgan fingerprint density at radius 2 is 1.19 bits per heavy atom. The molecular formula is C25H40NO3PPdS-. The molecule has 0 fully saturated rings. The molecule has 0 saturated carbocycles. The molecule has 1 radical (unpaired) electrons. The summed E-state index contributed by atoms with van der Waals surface area (Å²) < 4.78 is 27.2. The summed E-state index contributed by atoms with van der Waals surface area (Å²) >= 11 is 0. The third-order valence-electron chi connectivity index (χ3n) is 3.97. The van der Waals surface area contributed by atoms with Crippen LogP contribution in [0.1, 0.15) is 62.3 Å². The van der Waals surface area contributed by atoms with Gasteiger partial charge in [-0.25, -0.2) is 8.42 Å². The van der Waals surface area contributed by atoms with Crippen molar-refractivity contribution in [2.75, 3.05) is 12.0 Å². The van der Waals surface area contributed by atoms with Gasteiger partial charge in [0.05, 0.1) is 10.1 Å². The molecule has 0 atom stereocenters. The van der Waals surface area contributed by atoms with Crippen molar-refractivity contribution < 1.29 is 33.4 Å². The van der Waals surface area contributed by atoms with E-state index in [0.717, 1.165) is 16.8 Å². The zero-order chi connectivity index (χ0) is 24.7. The smallest absolute Gasteiger partial charge is 0.0916 e. The van der Waals surface area contributed by atoms with E-state index >= 15 is 0 Å². The third-order valence-corrected chi connectivity index (χ3v) is 8.00. The summed E-state index contributed by atoms with van der Waals surface area (Å²) in [6.07, 6.45) is 0.604. The number of rotatable bonds is 1. The maximum atomic E-state index is 9.08. The van der Waals surface area contributed by atoms with Crippen LogP contribution in [0.2, 0.25) is 0 Å². The minimum absolute atomic E-state index is 0. The van der Waals surface area contributed by atoms with Crippen LogP contribution >= 0.6 is 7.92 Å². The average molecular weight is 572 g/mol. The molecule has 0 heterocycles. The van der Waals surface area contributed by atoms with Crippen LogP contribution in [0, 0.1) is 6.07 Å². The summed E-state index contributed by atoms with van der Waals surface area (Å²) in [6, 6.07) is 18.8. The molecule has 0 aliphatic carbocycles. The van der Waals surface area contributed by atoms with Gasteiger partial charge < -0.3 is 10.3 Å². The van der Waals surface area contributed by atoms with E-state index in [-0.39, 0.29) is 28.3 Å². The third kappa shape index (κ3) is 14.4. The average Bonchev–Trinajstić information content (AvgIpc) is 2.50. The van der Waals surface area contributed by atoms with Crippen molar-refractivity contribution in [3.05, 3.63) is 54.6 Å². The number of nitrogens with two attached hydrogens (primary N) is 1. The number of anilines is 1. The van der Waals surface area contributed by atoms with E-state index in [0.29, 0.717) is 21.7 Å². The minimum Gasteiger partial charge on any atom is -0.748 e. The Hall–Kier alpha value is -0.758. The molecule has 0 spiro atoms. The van der Waals surface area contributed by atoms with Gasteiger partial charge in [0, 0.05) is 37.9 Å². The van der Waals surface area contributed by atoms with Gasteiger partial charge in [0.25, 0.3) is 0 Å². The Morgan fingerprint density at radius 3 is 1.47 bits per heavy atom. The first-order valence-electron chi connectivity index (χ1n) is 10.3. The normalized spacial score (nSPS) is 12.0. The summed E-state index contributed by atoms with van der Waals surface area (Å²) in [5.74, 6) is 0. The largest absolute Gasteiger partial charge is 0.748 e. The fraction of sp³-hybridized carbons (Fsp3) is 0.520. The monoisotopic (exact) mass is 571 g/mol. The van der Waals surface area contributed by atoms with Gasteiger partial charge in [-0.1, -0.05) is 113 Å². The van der Waals surface area contributed by atoms with Crippen molar-refractivity contribution in [1.29, 1.82) is 0 Å². The van der Waals surface area contributed by atoms with Crippen LogP contribution in [0.3, 0.4) is 0 Å². The quantitative estimate of drug-likeness (QED) is 0.177. The van der Waals surface area contributed by atoms with Gasteiger partial charge in [-0.05, 0) is 33.2 Å². The van der Waals surface area contributed by atoms with Gasteiger partial charge in [0.1, 0.15) is 0 Å². The maximum Gasteiger partial charge on any atom is 0.0916 e. The number of benzene rings is 2. The van der Waals surface area contributed by atoms with Crippen LogP contribution in [0.4, 0.5) is 5.69 Å². The van der Waals surface area contributed by atoms with Crippen LogP contribution in [-0.2, 0) is 30.5 Å². The molecular weight excluding hydrogens is 532 g/mol. The van der Waals surface area contributed by atoms with Crippen LogP contribution in [0.5, 0.6) is 0 Å². The maximum absolute atomic E-state index is 9.08. The topological polar surface area (TPSA) is 83.2 Å². The number of para-hydroxylation sites is 1. The molecule has 2 N–H and O–H groups in total. The number of hydrogen-bond donors (Lipinski definition) is 1. The zero-order valence-corrected chi connectivity index (χ0v) is 24.4. The van der Waals surface area contributed by atoms with Gasteiger partial charge in [-0.2, -0.15) is 0 Å². The molecule has 0 bridgehead atoms. The number of hydrogen-bond acceptors (Lipinski definition) is 4. The minimum atomic E-state index is -3.92. The second-order valence-corrected chi connectivity index (χ2v) is 16.5. The molecule has 2 rings (SSSR count). The molecule has 32 heavy (non-hydrogen) atoms. The molecule has 0 amide bonds. The van der Waals surface area contributed by atoms with Crippen LogP contribution in [0.25, 0.3) is 11.1 Å². The molecule has 2 aromatic rings. The fourth-order valence-corrected chi connectivity index (χ4v) is 10.4. The van der Waals surface area contributed by atoms with Crippen molar-refractivity contribution in [3.8, 4) is 11.1 Å². The van der Waals surface area contributed by atoms with E-state index in [4.69, 9.17) is 18.7 Å². The summed E-state index contributed by atoms with van der Waals surface area (Å²) in [4.78, 5) is 0. The predicted octanol–water partition coefficient (Wildman–Crippen LogP) is 6.76. The second kappa shape index (κ2) is 13.2. The molecule has 0 saturated heterocycles. The Labute approximate surface area is 211 Å².